The molecule has 0 N–H and O–H groups in total. The minimum Gasteiger partial charge on any atom is -0.293 e. The van der Waals surface area contributed by atoms with Crippen molar-refractivity contribution < 1.29 is 4.79 Å². The molecule has 13 heavy (non-hydrogen) atoms. The molecule has 0 atom stereocenters. The minimum absolute atomic E-state index is 0.159. The molecule has 1 heterocycles. The van der Waals surface area contributed by atoms with E-state index in [4.69, 9.17) is 0 Å². The molecule has 1 rings (SSSR count). The number of aromatic nitrogens is 2. The van der Waals surface area contributed by atoms with Crippen LogP contribution in [-0.2, 0) is 7.05 Å². The molecule has 0 saturated heterocycles. The third-order valence-electron chi connectivity index (χ3n) is 1.57. The van der Waals surface area contributed by atoms with Gasteiger partial charge in [-0.1, -0.05) is 13.8 Å². The highest BCUT2D eigenvalue weighted by Gasteiger charge is 2.08. The van der Waals surface area contributed by atoms with Crippen LogP contribution in [0.15, 0.2) is 12.4 Å². The fourth-order valence-electron chi connectivity index (χ4n) is 0.891. The number of thioether (sulfide) groups is 1. The van der Waals surface area contributed by atoms with E-state index in [1.807, 2.05) is 7.05 Å². The summed E-state index contributed by atoms with van der Waals surface area (Å²) in [6, 6.07) is 0. The Morgan fingerprint density at radius 2 is 2.38 bits per heavy atom. The third kappa shape index (κ3) is 3.22. The Bertz CT molecular complexity index is 294. The number of aryl methyl sites for hydroxylation is 1. The van der Waals surface area contributed by atoms with Gasteiger partial charge in [-0.3, -0.25) is 9.48 Å². The molecule has 0 saturated carbocycles. The average Bonchev–Trinajstić information content (AvgIpc) is 2.47. The van der Waals surface area contributed by atoms with E-state index in [0.717, 1.165) is 0 Å². The maximum absolute atomic E-state index is 11.5. The van der Waals surface area contributed by atoms with Crippen molar-refractivity contribution in [3.05, 3.63) is 18.0 Å². The zero-order valence-electron chi connectivity index (χ0n) is 8.15. The maximum Gasteiger partial charge on any atom is 0.175 e. The molecule has 1 aromatic heterocycles. The fourth-order valence-corrected chi connectivity index (χ4v) is 1.54. The van der Waals surface area contributed by atoms with Crippen molar-refractivity contribution >= 4 is 17.5 Å². The quantitative estimate of drug-likeness (QED) is 0.691. The monoisotopic (exact) mass is 198 g/mol. The van der Waals surface area contributed by atoms with E-state index in [0.29, 0.717) is 16.6 Å². The van der Waals surface area contributed by atoms with Gasteiger partial charge in [-0.25, -0.2) is 0 Å². The van der Waals surface area contributed by atoms with Crippen LogP contribution < -0.4 is 0 Å². The Labute approximate surface area is 82.5 Å². The molecule has 0 aliphatic heterocycles. The van der Waals surface area contributed by atoms with Crippen LogP contribution in [0.3, 0.4) is 0 Å². The Morgan fingerprint density at radius 3 is 2.85 bits per heavy atom. The first-order valence-corrected chi connectivity index (χ1v) is 5.28. The maximum atomic E-state index is 11.5. The van der Waals surface area contributed by atoms with E-state index in [-0.39, 0.29) is 5.78 Å². The average molecular weight is 198 g/mol. The molecular weight excluding hydrogens is 184 g/mol. The van der Waals surface area contributed by atoms with Crippen LogP contribution in [0.25, 0.3) is 0 Å². The van der Waals surface area contributed by atoms with Gasteiger partial charge in [0.1, 0.15) is 0 Å². The van der Waals surface area contributed by atoms with E-state index in [2.05, 4.69) is 18.9 Å². The van der Waals surface area contributed by atoms with Crippen molar-refractivity contribution in [1.82, 2.24) is 9.78 Å². The standard InChI is InChI=1S/C9H14N2OS/c1-7(2)13-6-9(12)8-4-10-11(3)5-8/h4-5,7H,6H2,1-3H3. The zero-order valence-corrected chi connectivity index (χ0v) is 8.97. The molecule has 0 unspecified atom stereocenters. The first-order chi connectivity index (χ1) is 6.09. The summed E-state index contributed by atoms with van der Waals surface area (Å²) in [5, 5.41) is 4.45. The molecule has 0 aliphatic rings. The molecule has 3 nitrogen and oxygen atoms in total. The summed E-state index contributed by atoms with van der Waals surface area (Å²) in [6.45, 7) is 4.17. The highest BCUT2D eigenvalue weighted by atomic mass is 32.2. The molecule has 72 valence electrons. The van der Waals surface area contributed by atoms with Gasteiger partial charge in [-0.2, -0.15) is 16.9 Å². The second-order valence-corrected chi connectivity index (χ2v) is 4.75. The highest BCUT2D eigenvalue weighted by molar-refractivity contribution is 8.00. The summed E-state index contributed by atoms with van der Waals surface area (Å²) in [5.74, 6) is 0.704. The van der Waals surface area contributed by atoms with Gasteiger partial charge >= 0.3 is 0 Å². The molecule has 0 bridgehead atoms. The second-order valence-electron chi connectivity index (χ2n) is 3.19. The largest absolute Gasteiger partial charge is 0.293 e. The number of nitrogens with zero attached hydrogens (tertiary/aromatic N) is 2. The summed E-state index contributed by atoms with van der Waals surface area (Å²) >= 11 is 1.66. The van der Waals surface area contributed by atoms with Crippen LogP contribution in [0, 0.1) is 0 Å². The smallest absolute Gasteiger partial charge is 0.175 e. The topological polar surface area (TPSA) is 34.9 Å². The van der Waals surface area contributed by atoms with E-state index in [1.165, 1.54) is 0 Å². The number of Topliss-reactive ketones (excluding diaryl/α,β-unsaturated/α-hetero) is 1. The highest BCUT2D eigenvalue weighted by Crippen LogP contribution is 2.11. The van der Waals surface area contributed by atoms with Gasteiger partial charge in [0, 0.05) is 13.2 Å². The van der Waals surface area contributed by atoms with Crippen molar-refractivity contribution in [3.63, 3.8) is 0 Å². The second kappa shape index (κ2) is 4.46. The molecule has 0 radical (unpaired) electrons. The Morgan fingerprint density at radius 1 is 1.69 bits per heavy atom. The number of hydrogen-bond donors (Lipinski definition) is 0. The lowest BCUT2D eigenvalue weighted by Gasteiger charge is -2.01. The number of rotatable bonds is 4. The van der Waals surface area contributed by atoms with E-state index < -0.39 is 0 Å². The first-order valence-electron chi connectivity index (χ1n) is 4.23. The summed E-state index contributed by atoms with van der Waals surface area (Å²) < 4.78 is 1.65. The third-order valence-corrected chi connectivity index (χ3v) is 2.67. The van der Waals surface area contributed by atoms with Crippen LogP contribution in [0.4, 0.5) is 0 Å². The van der Waals surface area contributed by atoms with Crippen molar-refractivity contribution in [2.75, 3.05) is 5.75 Å². The van der Waals surface area contributed by atoms with Crippen LogP contribution in [0.2, 0.25) is 0 Å². The zero-order chi connectivity index (χ0) is 9.84. The Hall–Kier alpha value is -0.770. The summed E-state index contributed by atoms with van der Waals surface area (Å²) in [4.78, 5) is 11.5. The van der Waals surface area contributed by atoms with Crippen molar-refractivity contribution in [1.29, 1.82) is 0 Å². The Balaban J connectivity index is 2.49. The summed E-state index contributed by atoms with van der Waals surface area (Å²) in [6.07, 6.45) is 3.37. The molecule has 1 aromatic rings. The van der Waals surface area contributed by atoms with Gasteiger partial charge in [-0.15, -0.1) is 0 Å². The SMILES string of the molecule is CC(C)SCC(=O)c1cnn(C)c1. The number of ketones is 1. The predicted octanol–water partition coefficient (Wildman–Crippen LogP) is 1.74. The molecule has 0 aromatic carbocycles. The molecule has 0 aliphatic carbocycles. The van der Waals surface area contributed by atoms with E-state index in [1.54, 1.807) is 28.8 Å². The van der Waals surface area contributed by atoms with Crippen LogP contribution in [0.5, 0.6) is 0 Å². The lowest BCUT2D eigenvalue weighted by Crippen LogP contribution is -2.03. The van der Waals surface area contributed by atoms with Crippen LogP contribution in [-0.4, -0.2) is 26.6 Å². The van der Waals surface area contributed by atoms with Gasteiger partial charge in [0.2, 0.25) is 0 Å². The fraction of sp³-hybridized carbons (Fsp3) is 0.556. The van der Waals surface area contributed by atoms with Crippen LogP contribution in [0.1, 0.15) is 24.2 Å². The van der Waals surface area contributed by atoms with Gasteiger partial charge in [0.15, 0.2) is 5.78 Å². The summed E-state index contributed by atoms with van der Waals surface area (Å²) in [7, 11) is 1.81. The Kier molecular flexibility index (Phi) is 3.54. The van der Waals surface area contributed by atoms with Crippen molar-refractivity contribution in [2.45, 2.75) is 19.1 Å². The van der Waals surface area contributed by atoms with E-state index >= 15 is 0 Å². The number of hydrogen-bond acceptors (Lipinski definition) is 3. The van der Waals surface area contributed by atoms with Gasteiger partial charge < -0.3 is 0 Å². The lowest BCUT2D eigenvalue weighted by atomic mass is 10.3. The molecule has 0 amide bonds. The molecule has 0 spiro atoms. The van der Waals surface area contributed by atoms with E-state index in [9.17, 15) is 4.79 Å². The summed E-state index contributed by atoms with van der Waals surface area (Å²) in [5.41, 5.74) is 0.704. The van der Waals surface area contributed by atoms with Crippen molar-refractivity contribution in [3.8, 4) is 0 Å². The molecular formula is C9H14N2OS. The first kappa shape index (κ1) is 10.3. The van der Waals surface area contributed by atoms with Crippen LogP contribution >= 0.6 is 11.8 Å². The number of carbonyl (C=O) groups excluding carboxylic acids is 1. The minimum atomic E-state index is 0.159. The lowest BCUT2D eigenvalue weighted by molar-refractivity contribution is 0.102. The normalized spacial score (nSPS) is 10.8. The molecule has 0 fully saturated rings. The van der Waals surface area contributed by atoms with Gasteiger partial charge in [0.05, 0.1) is 17.5 Å². The molecule has 4 heteroatoms. The van der Waals surface area contributed by atoms with Gasteiger partial charge in [0.25, 0.3) is 0 Å². The van der Waals surface area contributed by atoms with Gasteiger partial charge in [-0.05, 0) is 5.25 Å². The van der Waals surface area contributed by atoms with Crippen molar-refractivity contribution in [2.24, 2.45) is 7.05 Å². The number of carbonyl (C=O) groups is 1. The predicted molar refractivity (Wildman–Crippen MR) is 55.1 cm³/mol.